The molecule has 22 heavy (non-hydrogen) atoms. The SMILES string of the molecule is CCN(CC1CCCS1)C(=O)C=Cc1ccc2c(c1)CCC2. The van der Waals surface area contributed by atoms with Crippen LogP contribution in [-0.2, 0) is 17.6 Å². The molecule has 0 spiro atoms. The zero-order chi connectivity index (χ0) is 15.4. The van der Waals surface area contributed by atoms with E-state index in [1.807, 2.05) is 22.7 Å². The van der Waals surface area contributed by atoms with Crippen molar-refractivity contribution in [1.29, 1.82) is 0 Å². The molecular formula is C19H25NOS. The monoisotopic (exact) mass is 315 g/mol. The van der Waals surface area contributed by atoms with Gasteiger partial charge in [-0.2, -0.15) is 11.8 Å². The number of likely N-dealkylation sites (N-methyl/N-ethyl adjacent to an activating group) is 1. The normalized spacial score (nSPS) is 20.5. The number of carbonyl (C=O) groups is 1. The molecule has 1 aromatic rings. The summed E-state index contributed by atoms with van der Waals surface area (Å²) in [5.41, 5.74) is 4.10. The minimum Gasteiger partial charge on any atom is -0.338 e. The first-order valence-electron chi connectivity index (χ1n) is 8.46. The van der Waals surface area contributed by atoms with Gasteiger partial charge in [0.1, 0.15) is 0 Å². The lowest BCUT2D eigenvalue weighted by atomic mass is 10.1. The van der Waals surface area contributed by atoms with Crippen molar-refractivity contribution in [1.82, 2.24) is 4.90 Å². The van der Waals surface area contributed by atoms with Gasteiger partial charge in [0.05, 0.1) is 0 Å². The molecule has 1 unspecified atom stereocenters. The maximum absolute atomic E-state index is 12.4. The summed E-state index contributed by atoms with van der Waals surface area (Å²) in [5.74, 6) is 1.40. The van der Waals surface area contributed by atoms with Gasteiger partial charge in [-0.25, -0.2) is 0 Å². The highest BCUT2D eigenvalue weighted by atomic mass is 32.2. The topological polar surface area (TPSA) is 20.3 Å². The standard InChI is InChI=1S/C19H25NOS/c1-2-20(14-18-7-4-12-22-18)19(21)11-9-15-8-10-16-5-3-6-17(16)13-15/h8-11,13,18H,2-7,12,14H2,1H3. The fourth-order valence-electron chi connectivity index (χ4n) is 3.38. The molecule has 1 saturated heterocycles. The van der Waals surface area contributed by atoms with Crippen molar-refractivity contribution < 1.29 is 4.79 Å². The molecule has 1 aromatic carbocycles. The lowest BCUT2D eigenvalue weighted by Gasteiger charge is -2.22. The van der Waals surface area contributed by atoms with E-state index in [1.54, 1.807) is 6.08 Å². The van der Waals surface area contributed by atoms with Crippen molar-refractivity contribution in [3.05, 3.63) is 41.0 Å². The number of amides is 1. The van der Waals surface area contributed by atoms with Crippen LogP contribution in [0.2, 0.25) is 0 Å². The minimum atomic E-state index is 0.149. The number of aryl methyl sites for hydroxylation is 2. The summed E-state index contributed by atoms with van der Waals surface area (Å²) in [7, 11) is 0. The van der Waals surface area contributed by atoms with Crippen LogP contribution in [-0.4, -0.2) is 34.9 Å². The molecule has 3 heteroatoms. The zero-order valence-electron chi connectivity index (χ0n) is 13.4. The molecule has 1 fully saturated rings. The van der Waals surface area contributed by atoms with Gasteiger partial charge in [0, 0.05) is 24.4 Å². The number of benzene rings is 1. The number of nitrogens with zero attached hydrogens (tertiary/aromatic N) is 1. The van der Waals surface area contributed by atoms with Crippen molar-refractivity contribution in [2.45, 2.75) is 44.3 Å². The molecule has 1 atom stereocenters. The van der Waals surface area contributed by atoms with Crippen LogP contribution < -0.4 is 0 Å². The largest absolute Gasteiger partial charge is 0.338 e. The Balaban J connectivity index is 1.61. The Morgan fingerprint density at radius 1 is 1.32 bits per heavy atom. The number of rotatable bonds is 5. The second-order valence-corrected chi connectivity index (χ2v) is 7.64. The molecule has 2 aliphatic rings. The lowest BCUT2D eigenvalue weighted by Crippen LogP contribution is -2.34. The second-order valence-electron chi connectivity index (χ2n) is 6.23. The molecule has 1 heterocycles. The summed E-state index contributed by atoms with van der Waals surface area (Å²) in [6, 6.07) is 6.60. The maximum atomic E-state index is 12.4. The fourth-order valence-corrected chi connectivity index (χ4v) is 4.66. The molecule has 2 nitrogen and oxygen atoms in total. The van der Waals surface area contributed by atoms with Crippen LogP contribution in [0.3, 0.4) is 0 Å². The van der Waals surface area contributed by atoms with Gasteiger partial charge in [0.25, 0.3) is 0 Å². The van der Waals surface area contributed by atoms with Gasteiger partial charge in [-0.1, -0.05) is 18.2 Å². The van der Waals surface area contributed by atoms with Gasteiger partial charge in [-0.05, 0) is 67.5 Å². The molecular weight excluding hydrogens is 290 g/mol. The fraction of sp³-hybridized carbons (Fsp3) is 0.526. The van der Waals surface area contributed by atoms with Gasteiger partial charge in [0.15, 0.2) is 0 Å². The van der Waals surface area contributed by atoms with Crippen LogP contribution >= 0.6 is 11.8 Å². The Labute approximate surface area is 138 Å². The van der Waals surface area contributed by atoms with E-state index in [4.69, 9.17) is 0 Å². The van der Waals surface area contributed by atoms with E-state index in [9.17, 15) is 4.79 Å². The Morgan fingerprint density at radius 2 is 2.18 bits per heavy atom. The van der Waals surface area contributed by atoms with Crippen LogP contribution in [0.25, 0.3) is 6.08 Å². The first-order chi connectivity index (χ1) is 10.8. The Hall–Kier alpha value is -1.22. The van der Waals surface area contributed by atoms with Crippen LogP contribution in [0.15, 0.2) is 24.3 Å². The summed E-state index contributed by atoms with van der Waals surface area (Å²) in [5, 5.41) is 0.636. The number of hydrogen-bond acceptors (Lipinski definition) is 2. The highest BCUT2D eigenvalue weighted by Crippen LogP contribution is 2.27. The third-order valence-corrected chi connectivity index (χ3v) is 6.06. The zero-order valence-corrected chi connectivity index (χ0v) is 14.2. The van der Waals surface area contributed by atoms with Gasteiger partial charge < -0.3 is 4.90 Å². The summed E-state index contributed by atoms with van der Waals surface area (Å²) in [6.07, 6.45) is 9.94. The van der Waals surface area contributed by atoms with Crippen molar-refractivity contribution >= 4 is 23.7 Å². The first kappa shape index (κ1) is 15.7. The smallest absolute Gasteiger partial charge is 0.246 e. The van der Waals surface area contributed by atoms with Crippen molar-refractivity contribution in [3.8, 4) is 0 Å². The molecule has 0 aromatic heterocycles. The molecule has 1 aliphatic heterocycles. The summed E-state index contributed by atoms with van der Waals surface area (Å²) in [4.78, 5) is 14.4. The number of hydrogen-bond donors (Lipinski definition) is 0. The molecule has 1 aliphatic carbocycles. The van der Waals surface area contributed by atoms with E-state index in [-0.39, 0.29) is 5.91 Å². The first-order valence-corrected chi connectivity index (χ1v) is 9.51. The number of carbonyl (C=O) groups excluding carboxylic acids is 1. The van der Waals surface area contributed by atoms with E-state index < -0.39 is 0 Å². The molecule has 0 saturated carbocycles. The number of fused-ring (bicyclic) bond motifs is 1. The predicted octanol–water partition coefficient (Wildman–Crippen LogP) is 3.93. The van der Waals surface area contributed by atoms with Crippen LogP contribution in [0, 0.1) is 0 Å². The summed E-state index contributed by atoms with van der Waals surface area (Å²) < 4.78 is 0. The second kappa shape index (κ2) is 7.36. The van der Waals surface area contributed by atoms with Crippen molar-refractivity contribution in [3.63, 3.8) is 0 Å². The Bertz CT molecular complexity index is 561. The van der Waals surface area contributed by atoms with E-state index in [0.29, 0.717) is 5.25 Å². The molecule has 0 N–H and O–H groups in total. The van der Waals surface area contributed by atoms with Crippen molar-refractivity contribution in [2.75, 3.05) is 18.8 Å². The molecule has 3 rings (SSSR count). The molecule has 0 radical (unpaired) electrons. The third kappa shape index (κ3) is 3.75. The lowest BCUT2D eigenvalue weighted by molar-refractivity contribution is -0.125. The molecule has 1 amide bonds. The van der Waals surface area contributed by atoms with Gasteiger partial charge in [0.2, 0.25) is 5.91 Å². The van der Waals surface area contributed by atoms with Gasteiger partial charge in [-0.15, -0.1) is 0 Å². The Kier molecular flexibility index (Phi) is 5.24. The molecule has 0 bridgehead atoms. The van der Waals surface area contributed by atoms with E-state index in [1.165, 1.54) is 49.0 Å². The predicted molar refractivity (Wildman–Crippen MR) is 95.2 cm³/mol. The van der Waals surface area contributed by atoms with Crippen LogP contribution in [0.1, 0.15) is 42.9 Å². The highest BCUT2D eigenvalue weighted by Gasteiger charge is 2.20. The summed E-state index contributed by atoms with van der Waals surface area (Å²) in [6.45, 7) is 3.76. The van der Waals surface area contributed by atoms with Crippen LogP contribution in [0.4, 0.5) is 0 Å². The number of thioether (sulfide) groups is 1. The van der Waals surface area contributed by atoms with E-state index >= 15 is 0 Å². The third-order valence-electron chi connectivity index (χ3n) is 4.68. The minimum absolute atomic E-state index is 0.149. The van der Waals surface area contributed by atoms with E-state index in [2.05, 4.69) is 25.1 Å². The summed E-state index contributed by atoms with van der Waals surface area (Å²) >= 11 is 2.01. The Morgan fingerprint density at radius 3 is 2.95 bits per heavy atom. The van der Waals surface area contributed by atoms with Gasteiger partial charge >= 0.3 is 0 Å². The molecule has 118 valence electrons. The average molecular weight is 315 g/mol. The van der Waals surface area contributed by atoms with Gasteiger partial charge in [-0.3, -0.25) is 4.79 Å². The van der Waals surface area contributed by atoms with Crippen LogP contribution in [0.5, 0.6) is 0 Å². The highest BCUT2D eigenvalue weighted by molar-refractivity contribution is 8.00. The quantitative estimate of drug-likeness (QED) is 0.767. The maximum Gasteiger partial charge on any atom is 0.246 e. The van der Waals surface area contributed by atoms with Crippen molar-refractivity contribution in [2.24, 2.45) is 0 Å². The van der Waals surface area contributed by atoms with E-state index in [0.717, 1.165) is 18.7 Å². The average Bonchev–Trinajstić information content (AvgIpc) is 3.20.